The van der Waals surface area contributed by atoms with Gasteiger partial charge in [0, 0.05) is 23.5 Å². The molecule has 0 spiro atoms. The quantitative estimate of drug-likeness (QED) is 0.282. The number of rotatable bonds is 9. The summed E-state index contributed by atoms with van der Waals surface area (Å²) < 4.78 is 26.4. The number of carbonyl (C=O) groups excluding carboxylic acids is 1. The van der Waals surface area contributed by atoms with E-state index in [2.05, 4.69) is 18.0 Å². The smallest absolute Gasteiger partial charge is 0.255 e. The fourth-order valence-corrected chi connectivity index (χ4v) is 1.86. The van der Waals surface area contributed by atoms with E-state index in [1.165, 1.54) is 25.2 Å². The maximum atomic E-state index is 14.0. The molecular formula is C19H23F2N3O3. The van der Waals surface area contributed by atoms with Gasteiger partial charge in [-0.3, -0.25) is 14.9 Å². The molecule has 1 amide bonds. The maximum Gasteiger partial charge on any atom is 0.255 e. The average molecular weight is 379 g/mol. The third kappa shape index (κ3) is 7.36. The Morgan fingerprint density at radius 1 is 1.48 bits per heavy atom. The second kappa shape index (κ2) is 10.8. The van der Waals surface area contributed by atoms with E-state index in [1.54, 1.807) is 20.8 Å². The normalized spacial score (nSPS) is 15.0. The zero-order chi connectivity index (χ0) is 21.2. The molecule has 27 heavy (non-hydrogen) atoms. The van der Waals surface area contributed by atoms with Crippen molar-refractivity contribution in [2.45, 2.75) is 33.7 Å². The molecule has 0 aliphatic carbocycles. The van der Waals surface area contributed by atoms with Gasteiger partial charge in [-0.05, 0) is 38.5 Å². The summed E-state index contributed by atoms with van der Waals surface area (Å²) in [5.41, 5.74) is -0.887. The largest absolute Gasteiger partial charge is 0.320 e. The van der Waals surface area contributed by atoms with Gasteiger partial charge in [0.1, 0.15) is 12.5 Å². The number of carbonyl (C=O) groups is 1. The Labute approximate surface area is 157 Å². The Balaban J connectivity index is 5.90. The molecule has 0 rings (SSSR count). The Hall–Kier alpha value is -3.08. The van der Waals surface area contributed by atoms with E-state index in [9.17, 15) is 29.0 Å². The predicted octanol–water partition coefficient (Wildman–Crippen LogP) is 4.08. The van der Waals surface area contributed by atoms with Gasteiger partial charge in [-0.15, -0.1) is 0 Å². The third-order valence-corrected chi connectivity index (χ3v) is 3.61. The number of hydrogen-bond donors (Lipinski definition) is 1. The summed E-state index contributed by atoms with van der Waals surface area (Å²) in [6.07, 6.45) is 5.70. The average Bonchev–Trinajstić information content (AvgIpc) is 2.61. The van der Waals surface area contributed by atoms with E-state index >= 15 is 0 Å². The molecule has 0 aromatic rings. The fraction of sp³-hybridized carbons (Fsp3) is 0.368. The molecule has 146 valence electrons. The molecule has 0 aliphatic rings. The molecule has 0 radical (unpaired) electrons. The van der Waals surface area contributed by atoms with E-state index in [4.69, 9.17) is 0 Å². The Morgan fingerprint density at radius 3 is 2.48 bits per heavy atom. The van der Waals surface area contributed by atoms with E-state index in [1.807, 2.05) is 0 Å². The maximum absolute atomic E-state index is 14.0. The summed E-state index contributed by atoms with van der Waals surface area (Å²) in [6, 6.07) is 0.778. The molecule has 6 nitrogen and oxygen atoms in total. The number of nitro groups is 1. The van der Waals surface area contributed by atoms with Crippen molar-refractivity contribution in [3.8, 4) is 6.07 Å². The van der Waals surface area contributed by atoms with E-state index < -0.39 is 40.5 Å². The summed E-state index contributed by atoms with van der Waals surface area (Å²) in [4.78, 5) is 22.6. The molecule has 0 aromatic heterocycles. The topological polar surface area (TPSA) is 96.0 Å². The van der Waals surface area contributed by atoms with Crippen molar-refractivity contribution in [1.29, 1.82) is 5.26 Å². The molecule has 1 atom stereocenters. The lowest BCUT2D eigenvalue weighted by Gasteiger charge is -2.17. The minimum absolute atomic E-state index is 0.0842. The molecule has 0 aromatic carbocycles. The van der Waals surface area contributed by atoms with Crippen LogP contribution in [0.15, 0.2) is 59.6 Å². The van der Waals surface area contributed by atoms with Crippen molar-refractivity contribution in [1.82, 2.24) is 5.32 Å². The lowest BCUT2D eigenvalue weighted by molar-refractivity contribution is -0.505. The summed E-state index contributed by atoms with van der Waals surface area (Å²) >= 11 is 0. The highest BCUT2D eigenvalue weighted by Crippen LogP contribution is 2.27. The van der Waals surface area contributed by atoms with Crippen LogP contribution in [0.1, 0.15) is 27.7 Å². The molecule has 1 N–H and O–H groups in total. The summed E-state index contributed by atoms with van der Waals surface area (Å²) in [5, 5.41) is 22.2. The van der Waals surface area contributed by atoms with Gasteiger partial charge in [-0.2, -0.15) is 5.26 Å². The van der Waals surface area contributed by atoms with Gasteiger partial charge in [-0.1, -0.05) is 18.7 Å². The number of nitrogens with zero attached hydrogens (tertiary/aromatic N) is 2. The van der Waals surface area contributed by atoms with Gasteiger partial charge in [0.15, 0.2) is 0 Å². The van der Waals surface area contributed by atoms with Crippen LogP contribution in [0.5, 0.6) is 0 Å². The van der Waals surface area contributed by atoms with Gasteiger partial charge < -0.3 is 5.32 Å². The number of allylic oxidation sites excluding steroid dienone is 5. The van der Waals surface area contributed by atoms with Gasteiger partial charge in [0.2, 0.25) is 6.04 Å². The number of amides is 1. The van der Waals surface area contributed by atoms with Crippen LogP contribution in [0.4, 0.5) is 8.78 Å². The van der Waals surface area contributed by atoms with Crippen LogP contribution in [0.25, 0.3) is 0 Å². The van der Waals surface area contributed by atoms with E-state index in [0.717, 1.165) is 6.08 Å². The standard InChI is InChI=1S/C19H23F2N3O3/c1-6-14(11-15(7-2)19(4,5)12-22)18(25)23-17(16(21)8-9-20)10-13(3)24(26)27/h6-8,10-11,13H,2,9H2,1,3-5H3,(H,23,25)/b14-6+,15-11+,16-8+,17-10+. The lowest BCUT2D eigenvalue weighted by Crippen LogP contribution is -2.27. The zero-order valence-electron chi connectivity index (χ0n) is 15.8. The monoisotopic (exact) mass is 379 g/mol. The molecular weight excluding hydrogens is 356 g/mol. The highest BCUT2D eigenvalue weighted by Gasteiger charge is 2.22. The first kappa shape index (κ1) is 23.9. The van der Waals surface area contributed by atoms with Crippen LogP contribution in [-0.2, 0) is 4.79 Å². The van der Waals surface area contributed by atoms with Crippen molar-refractivity contribution in [3.05, 3.63) is 69.7 Å². The van der Waals surface area contributed by atoms with Gasteiger partial charge in [-0.25, -0.2) is 8.78 Å². The summed E-state index contributed by atoms with van der Waals surface area (Å²) in [7, 11) is 0. The third-order valence-electron chi connectivity index (χ3n) is 3.61. The molecule has 0 heterocycles. The van der Waals surface area contributed by atoms with Crippen molar-refractivity contribution in [2.24, 2.45) is 5.41 Å². The molecule has 0 fully saturated rings. The van der Waals surface area contributed by atoms with E-state index in [0.29, 0.717) is 11.6 Å². The molecule has 8 heteroatoms. The number of nitriles is 1. The zero-order valence-corrected chi connectivity index (χ0v) is 15.8. The highest BCUT2D eigenvalue weighted by molar-refractivity contribution is 5.97. The van der Waals surface area contributed by atoms with Crippen LogP contribution in [0.2, 0.25) is 0 Å². The SMILES string of the molecule is C=C/C(=C\C(=C/C)C(=O)NC(=C/C(C)[N+](=O)[O-])/C(F)=C\CF)C(C)(C)C#N. The van der Waals surface area contributed by atoms with Crippen molar-refractivity contribution >= 4 is 5.91 Å². The number of hydrogen-bond acceptors (Lipinski definition) is 4. The highest BCUT2D eigenvalue weighted by atomic mass is 19.1. The Morgan fingerprint density at radius 2 is 2.07 bits per heavy atom. The van der Waals surface area contributed by atoms with Crippen LogP contribution in [-0.4, -0.2) is 23.5 Å². The molecule has 0 aliphatic heterocycles. The number of alkyl halides is 1. The first-order valence-corrected chi connectivity index (χ1v) is 8.04. The van der Waals surface area contributed by atoms with Crippen LogP contribution >= 0.6 is 0 Å². The molecule has 0 bridgehead atoms. The summed E-state index contributed by atoms with van der Waals surface area (Å²) in [6.45, 7) is 8.50. The first-order valence-electron chi connectivity index (χ1n) is 8.04. The lowest BCUT2D eigenvalue weighted by atomic mass is 9.84. The molecule has 1 unspecified atom stereocenters. The fourth-order valence-electron chi connectivity index (χ4n) is 1.86. The molecule has 0 saturated heterocycles. The Bertz CT molecular complexity index is 757. The van der Waals surface area contributed by atoms with Gasteiger partial charge >= 0.3 is 0 Å². The first-order chi connectivity index (χ1) is 12.5. The van der Waals surface area contributed by atoms with E-state index in [-0.39, 0.29) is 5.57 Å². The van der Waals surface area contributed by atoms with Gasteiger partial charge in [0.25, 0.3) is 5.91 Å². The van der Waals surface area contributed by atoms with Gasteiger partial charge in [0.05, 0.1) is 17.2 Å². The number of nitrogens with one attached hydrogen (secondary N) is 1. The summed E-state index contributed by atoms with van der Waals surface area (Å²) in [5.74, 6) is -1.89. The second-order valence-corrected chi connectivity index (χ2v) is 6.05. The Kier molecular flexibility index (Phi) is 9.58. The van der Waals surface area contributed by atoms with Crippen molar-refractivity contribution < 1.29 is 18.5 Å². The minimum atomic E-state index is -1.30. The van der Waals surface area contributed by atoms with Crippen LogP contribution in [0, 0.1) is 26.9 Å². The molecule has 0 saturated carbocycles. The minimum Gasteiger partial charge on any atom is -0.320 e. The van der Waals surface area contributed by atoms with Crippen LogP contribution < -0.4 is 5.32 Å². The second-order valence-electron chi connectivity index (χ2n) is 6.05. The number of halogens is 2. The van der Waals surface area contributed by atoms with Crippen LogP contribution in [0.3, 0.4) is 0 Å². The van der Waals surface area contributed by atoms with Crippen molar-refractivity contribution in [3.63, 3.8) is 0 Å². The van der Waals surface area contributed by atoms with Crippen molar-refractivity contribution in [2.75, 3.05) is 6.67 Å². The predicted molar refractivity (Wildman–Crippen MR) is 99.3 cm³/mol.